The number of fused-ring (bicyclic) bond motifs is 1. The van der Waals surface area contributed by atoms with E-state index in [2.05, 4.69) is 57.4 Å². The molecule has 36 heavy (non-hydrogen) atoms. The first-order chi connectivity index (χ1) is 17.5. The molecule has 2 amide bonds. The van der Waals surface area contributed by atoms with Gasteiger partial charge in [-0.1, -0.05) is 42.0 Å². The Morgan fingerprint density at radius 2 is 1.89 bits per heavy atom. The summed E-state index contributed by atoms with van der Waals surface area (Å²) in [5.74, 6) is 0. The summed E-state index contributed by atoms with van der Waals surface area (Å²) in [6.07, 6.45) is 2.87. The third-order valence-electron chi connectivity index (χ3n) is 6.61. The predicted octanol–water partition coefficient (Wildman–Crippen LogP) is 5.09. The molecule has 1 aliphatic heterocycles. The van der Waals surface area contributed by atoms with Crippen LogP contribution in [0.15, 0.2) is 60.1 Å². The number of carbonyl (C=O) groups excluding carboxylic acids is 1. The summed E-state index contributed by atoms with van der Waals surface area (Å²) in [5, 5.41) is 5.25. The summed E-state index contributed by atoms with van der Waals surface area (Å²) in [6, 6.07) is 16.3. The Morgan fingerprint density at radius 3 is 2.67 bits per heavy atom. The van der Waals surface area contributed by atoms with E-state index in [9.17, 15) is 4.79 Å². The largest absolute Gasteiger partial charge is 0.379 e. The van der Waals surface area contributed by atoms with Crippen molar-refractivity contribution in [2.24, 2.45) is 0 Å². The number of nitrogens with zero attached hydrogens (tertiary/aromatic N) is 4. The van der Waals surface area contributed by atoms with E-state index in [0.29, 0.717) is 13.1 Å². The lowest BCUT2D eigenvalue weighted by molar-refractivity contribution is 0.0352. The van der Waals surface area contributed by atoms with E-state index >= 15 is 0 Å². The van der Waals surface area contributed by atoms with Crippen molar-refractivity contribution in [3.8, 4) is 11.3 Å². The van der Waals surface area contributed by atoms with Gasteiger partial charge in [0.1, 0.15) is 0 Å². The van der Waals surface area contributed by atoms with Crippen LogP contribution in [0.3, 0.4) is 0 Å². The van der Waals surface area contributed by atoms with Gasteiger partial charge < -0.3 is 15.0 Å². The van der Waals surface area contributed by atoms with Crippen LogP contribution in [0.1, 0.15) is 16.8 Å². The number of rotatable bonds is 8. The van der Waals surface area contributed by atoms with E-state index in [-0.39, 0.29) is 6.03 Å². The summed E-state index contributed by atoms with van der Waals surface area (Å²) in [7, 11) is 0. The fourth-order valence-corrected chi connectivity index (χ4v) is 5.36. The normalized spacial score (nSPS) is 14.3. The van der Waals surface area contributed by atoms with Gasteiger partial charge in [-0.15, -0.1) is 11.3 Å². The maximum atomic E-state index is 13.3. The van der Waals surface area contributed by atoms with E-state index in [4.69, 9.17) is 9.72 Å². The van der Waals surface area contributed by atoms with Crippen LogP contribution in [0.4, 0.5) is 10.5 Å². The van der Waals surface area contributed by atoms with Gasteiger partial charge in [0.2, 0.25) is 0 Å². The molecule has 0 radical (unpaired) electrons. The van der Waals surface area contributed by atoms with Crippen LogP contribution in [0, 0.1) is 13.8 Å². The molecular formula is C28H33N5O2S. The molecule has 0 aliphatic carbocycles. The highest BCUT2D eigenvalue weighted by Crippen LogP contribution is 2.24. The quantitative estimate of drug-likeness (QED) is 0.364. The predicted molar refractivity (Wildman–Crippen MR) is 146 cm³/mol. The number of thiazole rings is 1. The molecule has 0 unspecified atom stereocenters. The molecule has 188 valence electrons. The molecule has 4 aromatic rings. The van der Waals surface area contributed by atoms with Crippen LogP contribution in [0.2, 0.25) is 0 Å². The number of amides is 2. The lowest BCUT2D eigenvalue weighted by atomic mass is 10.1. The zero-order valence-electron chi connectivity index (χ0n) is 20.9. The summed E-state index contributed by atoms with van der Waals surface area (Å²) >= 11 is 1.64. The third-order valence-corrected chi connectivity index (χ3v) is 7.50. The minimum Gasteiger partial charge on any atom is -0.379 e. The minimum absolute atomic E-state index is 0.0636. The Morgan fingerprint density at radius 1 is 1.08 bits per heavy atom. The molecule has 0 atom stereocenters. The molecule has 3 heterocycles. The number of aromatic nitrogens is 2. The summed E-state index contributed by atoms with van der Waals surface area (Å²) < 4.78 is 7.64. The van der Waals surface area contributed by atoms with Crippen molar-refractivity contribution in [1.82, 2.24) is 19.2 Å². The first-order valence-corrected chi connectivity index (χ1v) is 13.4. The topological polar surface area (TPSA) is 62.1 Å². The monoisotopic (exact) mass is 503 g/mol. The van der Waals surface area contributed by atoms with Crippen molar-refractivity contribution in [2.75, 3.05) is 51.3 Å². The van der Waals surface area contributed by atoms with Crippen LogP contribution < -0.4 is 5.32 Å². The number of anilines is 1. The SMILES string of the molecule is Cc1ccc(-c2cn3c(CCN(CCN4CCOCC4)C(=O)Nc4cccc(C)c4)csc3n2)cc1. The van der Waals surface area contributed by atoms with Crippen LogP contribution in [-0.4, -0.2) is 71.2 Å². The van der Waals surface area contributed by atoms with Crippen molar-refractivity contribution in [3.63, 3.8) is 0 Å². The number of aryl methyl sites for hydroxylation is 2. The van der Waals surface area contributed by atoms with Gasteiger partial charge in [0.15, 0.2) is 4.96 Å². The molecule has 0 saturated carbocycles. The molecular weight excluding hydrogens is 470 g/mol. The number of ether oxygens (including phenoxy) is 1. The van der Waals surface area contributed by atoms with Gasteiger partial charge in [0.25, 0.3) is 0 Å². The number of benzene rings is 2. The number of hydrogen-bond donors (Lipinski definition) is 1. The highest BCUT2D eigenvalue weighted by Gasteiger charge is 2.18. The van der Waals surface area contributed by atoms with Gasteiger partial charge in [0, 0.05) is 67.7 Å². The highest BCUT2D eigenvalue weighted by molar-refractivity contribution is 7.15. The van der Waals surface area contributed by atoms with Crippen LogP contribution in [-0.2, 0) is 11.2 Å². The summed E-state index contributed by atoms with van der Waals surface area (Å²) in [6.45, 7) is 9.60. The molecule has 1 fully saturated rings. The van der Waals surface area contributed by atoms with E-state index < -0.39 is 0 Å². The van der Waals surface area contributed by atoms with Crippen LogP contribution in [0.25, 0.3) is 16.2 Å². The Hall–Kier alpha value is -3.20. The average Bonchev–Trinajstić information content (AvgIpc) is 3.47. The first kappa shape index (κ1) is 24.5. The smallest absolute Gasteiger partial charge is 0.321 e. The average molecular weight is 504 g/mol. The molecule has 8 heteroatoms. The van der Waals surface area contributed by atoms with Gasteiger partial charge in [-0.3, -0.25) is 9.30 Å². The number of urea groups is 1. The van der Waals surface area contributed by atoms with Gasteiger partial charge in [-0.2, -0.15) is 0 Å². The van der Waals surface area contributed by atoms with Crippen molar-refractivity contribution in [3.05, 3.63) is 76.9 Å². The van der Waals surface area contributed by atoms with E-state index in [1.165, 1.54) is 11.3 Å². The van der Waals surface area contributed by atoms with E-state index in [1.54, 1.807) is 11.3 Å². The molecule has 7 nitrogen and oxygen atoms in total. The van der Waals surface area contributed by atoms with E-state index in [0.717, 1.165) is 66.7 Å². The fourth-order valence-electron chi connectivity index (χ4n) is 4.45. The Balaban J connectivity index is 1.29. The fraction of sp³-hybridized carbons (Fsp3) is 0.357. The van der Waals surface area contributed by atoms with Gasteiger partial charge in [0.05, 0.1) is 18.9 Å². The molecule has 2 aromatic carbocycles. The second-order valence-electron chi connectivity index (χ2n) is 9.36. The third kappa shape index (κ3) is 5.95. The Labute approximate surface area is 216 Å². The molecule has 5 rings (SSSR count). The molecule has 1 N–H and O–H groups in total. The number of hydrogen-bond acceptors (Lipinski definition) is 5. The highest BCUT2D eigenvalue weighted by atomic mass is 32.1. The lowest BCUT2D eigenvalue weighted by Crippen LogP contribution is -2.45. The second kappa shape index (κ2) is 11.2. The zero-order valence-corrected chi connectivity index (χ0v) is 21.8. The number of carbonyl (C=O) groups is 1. The Kier molecular flexibility index (Phi) is 7.65. The van der Waals surface area contributed by atoms with Crippen LogP contribution >= 0.6 is 11.3 Å². The first-order valence-electron chi connectivity index (χ1n) is 12.5. The zero-order chi connectivity index (χ0) is 24.9. The molecule has 1 aliphatic rings. The molecule has 0 bridgehead atoms. The maximum Gasteiger partial charge on any atom is 0.321 e. The van der Waals surface area contributed by atoms with Crippen molar-refractivity contribution in [1.29, 1.82) is 0 Å². The van der Waals surface area contributed by atoms with E-state index in [1.807, 2.05) is 36.1 Å². The maximum absolute atomic E-state index is 13.3. The van der Waals surface area contributed by atoms with Crippen LogP contribution in [0.5, 0.6) is 0 Å². The van der Waals surface area contributed by atoms with Gasteiger partial charge >= 0.3 is 6.03 Å². The van der Waals surface area contributed by atoms with Crippen molar-refractivity contribution < 1.29 is 9.53 Å². The van der Waals surface area contributed by atoms with Crippen molar-refractivity contribution >= 4 is 28.0 Å². The number of nitrogens with one attached hydrogen (secondary N) is 1. The van der Waals surface area contributed by atoms with Crippen molar-refractivity contribution in [2.45, 2.75) is 20.3 Å². The standard InChI is InChI=1S/C28H33N5O2S/c1-21-6-8-23(9-7-21)26-19-33-25(20-36-28(33)30-26)10-11-32(13-12-31-14-16-35-17-15-31)27(34)29-24-5-3-4-22(2)18-24/h3-9,18-20H,10-17H2,1-2H3,(H,29,34). The lowest BCUT2D eigenvalue weighted by Gasteiger charge is -2.30. The molecule has 2 aromatic heterocycles. The summed E-state index contributed by atoms with van der Waals surface area (Å²) in [5.41, 5.74) is 6.45. The minimum atomic E-state index is -0.0636. The Bertz CT molecular complexity index is 1310. The number of morpholine rings is 1. The second-order valence-corrected chi connectivity index (χ2v) is 10.2. The van der Waals surface area contributed by atoms with Gasteiger partial charge in [-0.25, -0.2) is 9.78 Å². The molecule has 0 spiro atoms. The van der Waals surface area contributed by atoms with Gasteiger partial charge in [-0.05, 0) is 31.5 Å². The number of imidazole rings is 1. The summed E-state index contributed by atoms with van der Waals surface area (Å²) in [4.78, 5) is 23.4. The molecule has 1 saturated heterocycles.